The number of rotatable bonds is 5. The fraction of sp³-hybridized carbons (Fsp3) is 0.333. The Morgan fingerprint density at radius 2 is 2.25 bits per heavy atom. The predicted molar refractivity (Wildman–Crippen MR) is 79.4 cm³/mol. The average Bonchev–Trinajstić information content (AvgIpc) is 2.89. The van der Waals surface area contributed by atoms with Crippen molar-refractivity contribution in [2.75, 3.05) is 5.32 Å². The quantitative estimate of drug-likeness (QED) is 0.670. The van der Waals surface area contributed by atoms with Crippen molar-refractivity contribution in [3.63, 3.8) is 0 Å². The SMILES string of the molecule is CCc1cnc(C(C)Nc2ncc([N+](=O)[O-])cc2Cl)s1. The summed E-state index contributed by atoms with van der Waals surface area (Å²) in [4.78, 5) is 19.6. The fourth-order valence-corrected chi connectivity index (χ4v) is 2.66. The van der Waals surface area contributed by atoms with Crippen LogP contribution >= 0.6 is 22.9 Å². The van der Waals surface area contributed by atoms with E-state index in [1.807, 2.05) is 13.1 Å². The van der Waals surface area contributed by atoms with Gasteiger partial charge in [-0.1, -0.05) is 18.5 Å². The Morgan fingerprint density at radius 3 is 2.80 bits per heavy atom. The second-order valence-electron chi connectivity index (χ2n) is 4.17. The third-order valence-electron chi connectivity index (χ3n) is 2.68. The van der Waals surface area contributed by atoms with Gasteiger partial charge in [-0.15, -0.1) is 11.3 Å². The molecule has 0 saturated carbocycles. The molecule has 2 heterocycles. The summed E-state index contributed by atoms with van der Waals surface area (Å²) >= 11 is 7.61. The van der Waals surface area contributed by atoms with Crippen molar-refractivity contribution >= 4 is 34.4 Å². The summed E-state index contributed by atoms with van der Waals surface area (Å²) in [6.07, 6.45) is 3.98. The third kappa shape index (κ3) is 3.23. The number of halogens is 1. The largest absolute Gasteiger partial charge is 0.360 e. The molecule has 0 saturated heterocycles. The molecule has 1 atom stereocenters. The summed E-state index contributed by atoms with van der Waals surface area (Å²) in [5.41, 5.74) is -0.129. The van der Waals surface area contributed by atoms with Crippen LogP contribution in [0.1, 0.15) is 29.8 Å². The molecule has 6 nitrogen and oxygen atoms in total. The van der Waals surface area contributed by atoms with Crippen LogP contribution in [0.3, 0.4) is 0 Å². The van der Waals surface area contributed by atoms with Crippen molar-refractivity contribution in [1.29, 1.82) is 0 Å². The van der Waals surface area contributed by atoms with Crippen molar-refractivity contribution in [3.8, 4) is 0 Å². The molecule has 0 amide bonds. The summed E-state index contributed by atoms with van der Waals surface area (Å²) in [6.45, 7) is 4.02. The van der Waals surface area contributed by atoms with E-state index in [1.165, 1.54) is 17.1 Å². The normalized spacial score (nSPS) is 12.2. The smallest absolute Gasteiger partial charge is 0.289 e. The van der Waals surface area contributed by atoms with Gasteiger partial charge >= 0.3 is 0 Å². The Balaban J connectivity index is 2.15. The van der Waals surface area contributed by atoms with Crippen LogP contribution in [0.4, 0.5) is 11.5 Å². The number of nitro groups is 1. The van der Waals surface area contributed by atoms with Gasteiger partial charge in [-0.05, 0) is 13.3 Å². The average molecular weight is 313 g/mol. The molecule has 0 bridgehead atoms. The van der Waals surface area contributed by atoms with Gasteiger partial charge in [0.2, 0.25) is 0 Å². The van der Waals surface area contributed by atoms with Gasteiger partial charge in [0.1, 0.15) is 17.0 Å². The number of hydrogen-bond donors (Lipinski definition) is 1. The Morgan fingerprint density at radius 1 is 1.50 bits per heavy atom. The van der Waals surface area contributed by atoms with Crippen LogP contribution in [0, 0.1) is 10.1 Å². The predicted octanol–water partition coefficient (Wildman–Crippen LogP) is 3.84. The van der Waals surface area contributed by atoms with Gasteiger partial charge in [0, 0.05) is 17.1 Å². The summed E-state index contributed by atoms with van der Waals surface area (Å²) in [5, 5.41) is 14.9. The van der Waals surface area contributed by atoms with Crippen LogP contribution in [0.25, 0.3) is 0 Å². The molecule has 0 aliphatic heterocycles. The van der Waals surface area contributed by atoms with E-state index >= 15 is 0 Å². The highest BCUT2D eigenvalue weighted by molar-refractivity contribution is 7.11. The molecule has 1 N–H and O–H groups in total. The monoisotopic (exact) mass is 312 g/mol. The number of pyridine rings is 1. The Kier molecular flexibility index (Phi) is 4.51. The minimum atomic E-state index is -0.527. The molecule has 0 aliphatic rings. The summed E-state index contributed by atoms with van der Waals surface area (Å²) in [6, 6.07) is 1.22. The molecule has 106 valence electrons. The van der Waals surface area contributed by atoms with Gasteiger partial charge in [0.05, 0.1) is 16.0 Å². The van der Waals surface area contributed by atoms with Crippen LogP contribution in [-0.4, -0.2) is 14.9 Å². The van der Waals surface area contributed by atoms with Crippen molar-refractivity contribution in [3.05, 3.63) is 43.5 Å². The van der Waals surface area contributed by atoms with Crippen molar-refractivity contribution < 1.29 is 4.92 Å². The van der Waals surface area contributed by atoms with Crippen LogP contribution in [0.5, 0.6) is 0 Å². The first-order valence-corrected chi connectivity index (χ1v) is 7.21. The standard InChI is InChI=1S/C12H13ClN4O2S/c1-3-9-6-15-12(20-9)7(2)16-11-10(13)4-8(5-14-11)17(18)19/h4-7H,3H2,1-2H3,(H,14,16). The molecule has 0 aliphatic carbocycles. The molecule has 0 radical (unpaired) electrons. The molecular formula is C12H13ClN4O2S. The highest BCUT2D eigenvalue weighted by Crippen LogP contribution is 2.28. The van der Waals surface area contributed by atoms with E-state index in [0.717, 1.165) is 11.4 Å². The lowest BCUT2D eigenvalue weighted by molar-refractivity contribution is -0.385. The summed E-state index contributed by atoms with van der Waals surface area (Å²) in [5.74, 6) is 0.415. The van der Waals surface area contributed by atoms with Gasteiger partial charge in [0.25, 0.3) is 5.69 Å². The summed E-state index contributed by atoms with van der Waals surface area (Å²) < 4.78 is 0. The Labute approximate surface area is 125 Å². The number of anilines is 1. The fourth-order valence-electron chi connectivity index (χ4n) is 1.59. The van der Waals surface area contributed by atoms with Gasteiger partial charge in [-0.25, -0.2) is 9.97 Å². The van der Waals surface area contributed by atoms with Gasteiger partial charge in [-0.3, -0.25) is 10.1 Å². The number of aromatic nitrogens is 2. The third-order valence-corrected chi connectivity index (χ3v) is 4.29. The zero-order valence-electron chi connectivity index (χ0n) is 11.0. The van der Waals surface area contributed by atoms with E-state index < -0.39 is 4.92 Å². The Bertz CT molecular complexity index is 632. The number of nitrogens with one attached hydrogen (secondary N) is 1. The number of aryl methyl sites for hydroxylation is 1. The van der Waals surface area contributed by atoms with Gasteiger partial charge in [0.15, 0.2) is 0 Å². The molecule has 0 spiro atoms. The van der Waals surface area contributed by atoms with Crippen LogP contribution in [-0.2, 0) is 6.42 Å². The van der Waals surface area contributed by atoms with Crippen LogP contribution in [0.15, 0.2) is 18.5 Å². The lowest BCUT2D eigenvalue weighted by Gasteiger charge is -2.12. The van der Waals surface area contributed by atoms with Crippen molar-refractivity contribution in [2.45, 2.75) is 26.3 Å². The second-order valence-corrected chi connectivity index (χ2v) is 5.72. The van der Waals surface area contributed by atoms with Crippen molar-refractivity contribution in [1.82, 2.24) is 9.97 Å². The zero-order valence-corrected chi connectivity index (χ0v) is 12.5. The van der Waals surface area contributed by atoms with Crippen LogP contribution < -0.4 is 5.32 Å². The molecule has 8 heteroatoms. The Hall–Kier alpha value is -1.73. The van der Waals surface area contributed by atoms with E-state index in [2.05, 4.69) is 22.2 Å². The van der Waals surface area contributed by atoms with Crippen molar-refractivity contribution in [2.24, 2.45) is 0 Å². The maximum Gasteiger partial charge on any atom is 0.289 e. The van der Waals surface area contributed by atoms with E-state index in [-0.39, 0.29) is 16.8 Å². The summed E-state index contributed by atoms with van der Waals surface area (Å²) in [7, 11) is 0. The van der Waals surface area contributed by atoms with Crippen LogP contribution in [0.2, 0.25) is 5.02 Å². The second kappa shape index (κ2) is 6.15. The highest BCUT2D eigenvalue weighted by atomic mass is 35.5. The molecule has 1 unspecified atom stereocenters. The topological polar surface area (TPSA) is 81.0 Å². The number of thiazole rings is 1. The number of hydrogen-bond acceptors (Lipinski definition) is 6. The maximum absolute atomic E-state index is 10.6. The van der Waals surface area contributed by atoms with E-state index in [1.54, 1.807) is 11.3 Å². The first-order valence-electron chi connectivity index (χ1n) is 6.02. The molecule has 0 fully saturated rings. The van der Waals surface area contributed by atoms with Gasteiger partial charge in [-0.2, -0.15) is 0 Å². The minimum absolute atomic E-state index is 0.0632. The zero-order chi connectivity index (χ0) is 14.7. The lowest BCUT2D eigenvalue weighted by Crippen LogP contribution is -2.08. The molecule has 2 aromatic heterocycles. The highest BCUT2D eigenvalue weighted by Gasteiger charge is 2.15. The molecule has 2 aromatic rings. The molecular weight excluding hydrogens is 300 g/mol. The maximum atomic E-state index is 10.6. The molecule has 0 aromatic carbocycles. The van der Waals surface area contributed by atoms with E-state index in [4.69, 9.17) is 11.6 Å². The first-order chi connectivity index (χ1) is 9.51. The van der Waals surface area contributed by atoms with Gasteiger partial charge < -0.3 is 5.32 Å². The molecule has 2 rings (SSSR count). The minimum Gasteiger partial charge on any atom is -0.360 e. The first kappa shape index (κ1) is 14.7. The van der Waals surface area contributed by atoms with E-state index in [9.17, 15) is 10.1 Å². The van der Waals surface area contributed by atoms with E-state index in [0.29, 0.717) is 5.82 Å². The number of nitrogens with zero attached hydrogens (tertiary/aromatic N) is 3. The lowest BCUT2D eigenvalue weighted by atomic mass is 10.3. The molecule has 20 heavy (non-hydrogen) atoms.